The van der Waals surface area contributed by atoms with Crippen LogP contribution in [0, 0.1) is 11.9 Å². The summed E-state index contributed by atoms with van der Waals surface area (Å²) in [5.74, 6) is -4.38. The van der Waals surface area contributed by atoms with E-state index in [0.717, 1.165) is 19.2 Å². The molecule has 0 amide bonds. The zero-order valence-corrected chi connectivity index (χ0v) is 9.42. The molecule has 1 aromatic rings. The Morgan fingerprint density at radius 3 is 2.65 bits per heavy atom. The molecule has 1 aromatic heterocycles. The summed E-state index contributed by atoms with van der Waals surface area (Å²) in [6, 6.07) is 1.63. The van der Waals surface area contributed by atoms with Gasteiger partial charge in [0.2, 0.25) is 21.9 Å². The number of esters is 1. The summed E-state index contributed by atoms with van der Waals surface area (Å²) in [6.07, 6.45) is 0. The van der Waals surface area contributed by atoms with Gasteiger partial charge in [0, 0.05) is 0 Å². The quantitative estimate of drug-likeness (QED) is 0.624. The van der Waals surface area contributed by atoms with E-state index in [1.165, 1.54) is 0 Å². The highest BCUT2D eigenvalue weighted by molar-refractivity contribution is 7.93. The SMILES string of the molecule is COC(=O)CS(=O)(=O)Nc1ccc(F)nc1F. The van der Waals surface area contributed by atoms with Crippen molar-refractivity contribution < 1.29 is 26.7 Å². The molecule has 0 aliphatic rings. The number of nitrogens with one attached hydrogen (secondary N) is 1. The van der Waals surface area contributed by atoms with Gasteiger partial charge in [-0.3, -0.25) is 9.52 Å². The number of sulfonamides is 1. The Labute approximate surface area is 95.7 Å². The van der Waals surface area contributed by atoms with E-state index in [4.69, 9.17) is 0 Å². The van der Waals surface area contributed by atoms with Crippen LogP contribution in [0.5, 0.6) is 0 Å². The van der Waals surface area contributed by atoms with Gasteiger partial charge in [0.05, 0.1) is 7.11 Å². The van der Waals surface area contributed by atoms with E-state index in [-0.39, 0.29) is 0 Å². The molecule has 0 aliphatic heterocycles. The van der Waals surface area contributed by atoms with Crippen LogP contribution in [0.25, 0.3) is 0 Å². The Bertz CT molecular complexity index is 532. The average Bonchev–Trinajstić information content (AvgIpc) is 2.21. The number of anilines is 1. The fourth-order valence-electron chi connectivity index (χ4n) is 0.906. The summed E-state index contributed by atoms with van der Waals surface area (Å²) < 4.78 is 54.0. The minimum atomic E-state index is -4.11. The Kier molecular flexibility index (Phi) is 3.94. The first-order valence-electron chi connectivity index (χ1n) is 4.23. The summed E-state index contributed by atoms with van der Waals surface area (Å²) in [6.45, 7) is 0. The molecule has 0 radical (unpaired) electrons. The average molecular weight is 266 g/mol. The third-order valence-electron chi connectivity index (χ3n) is 1.62. The van der Waals surface area contributed by atoms with Gasteiger partial charge in [0.1, 0.15) is 5.69 Å². The summed E-state index contributed by atoms with van der Waals surface area (Å²) in [7, 11) is -3.10. The second kappa shape index (κ2) is 5.04. The molecule has 0 unspecified atom stereocenters. The second-order valence-electron chi connectivity index (χ2n) is 2.91. The largest absolute Gasteiger partial charge is 0.468 e. The molecule has 0 bridgehead atoms. The van der Waals surface area contributed by atoms with Gasteiger partial charge in [-0.2, -0.15) is 13.8 Å². The van der Waals surface area contributed by atoms with Gasteiger partial charge in [-0.05, 0) is 12.1 Å². The molecule has 9 heteroatoms. The molecule has 17 heavy (non-hydrogen) atoms. The fourth-order valence-corrected chi connectivity index (χ4v) is 1.89. The number of nitrogens with zero attached hydrogens (tertiary/aromatic N) is 1. The molecule has 0 saturated heterocycles. The van der Waals surface area contributed by atoms with Gasteiger partial charge in [0.25, 0.3) is 0 Å². The number of carbonyl (C=O) groups excluding carboxylic acids is 1. The molecule has 0 aliphatic carbocycles. The number of pyridine rings is 1. The topological polar surface area (TPSA) is 85.4 Å². The van der Waals surface area contributed by atoms with Crippen molar-refractivity contribution in [2.45, 2.75) is 0 Å². The van der Waals surface area contributed by atoms with E-state index in [2.05, 4.69) is 9.72 Å². The van der Waals surface area contributed by atoms with Crippen LogP contribution in [0.15, 0.2) is 12.1 Å². The van der Waals surface area contributed by atoms with Crippen LogP contribution in [-0.2, 0) is 19.6 Å². The van der Waals surface area contributed by atoms with Crippen molar-refractivity contribution in [3.8, 4) is 0 Å². The standard InChI is InChI=1S/C8H8F2N2O4S/c1-16-7(13)4-17(14,15)12-5-2-3-6(9)11-8(5)10/h2-3,12H,4H2,1H3. The monoisotopic (exact) mass is 266 g/mol. The van der Waals surface area contributed by atoms with Crippen molar-refractivity contribution in [3.05, 3.63) is 24.0 Å². The zero-order chi connectivity index (χ0) is 13.1. The van der Waals surface area contributed by atoms with E-state index < -0.39 is 39.3 Å². The van der Waals surface area contributed by atoms with E-state index in [1.807, 2.05) is 0 Å². The van der Waals surface area contributed by atoms with E-state index in [9.17, 15) is 22.0 Å². The van der Waals surface area contributed by atoms with Crippen molar-refractivity contribution in [1.82, 2.24) is 4.98 Å². The molecule has 0 saturated carbocycles. The van der Waals surface area contributed by atoms with Gasteiger partial charge < -0.3 is 4.74 Å². The number of methoxy groups -OCH3 is 1. The Morgan fingerprint density at radius 1 is 1.47 bits per heavy atom. The zero-order valence-electron chi connectivity index (χ0n) is 8.61. The summed E-state index contributed by atoms with van der Waals surface area (Å²) in [5, 5.41) is 0. The van der Waals surface area contributed by atoms with Crippen LogP contribution in [-0.4, -0.2) is 32.2 Å². The first-order valence-corrected chi connectivity index (χ1v) is 5.88. The normalized spacial score (nSPS) is 11.0. The number of ether oxygens (including phenoxy) is 1. The predicted molar refractivity (Wildman–Crippen MR) is 53.6 cm³/mol. The lowest BCUT2D eigenvalue weighted by Crippen LogP contribution is -2.24. The smallest absolute Gasteiger partial charge is 0.322 e. The Balaban J connectivity index is 2.87. The van der Waals surface area contributed by atoms with Gasteiger partial charge in [0.15, 0.2) is 5.75 Å². The lowest BCUT2D eigenvalue weighted by molar-refractivity contribution is -0.137. The third-order valence-corrected chi connectivity index (χ3v) is 2.76. The number of carbonyl (C=O) groups is 1. The number of aromatic nitrogens is 1. The van der Waals surface area contributed by atoms with Crippen molar-refractivity contribution in [1.29, 1.82) is 0 Å². The molecular formula is C8H8F2N2O4S. The lowest BCUT2D eigenvalue weighted by Gasteiger charge is -2.07. The molecule has 1 rings (SSSR count). The molecule has 0 fully saturated rings. The molecule has 1 heterocycles. The summed E-state index contributed by atoms with van der Waals surface area (Å²) in [4.78, 5) is 13.5. The Morgan fingerprint density at radius 2 is 2.12 bits per heavy atom. The number of halogens is 2. The van der Waals surface area contributed by atoms with Crippen molar-refractivity contribution in [2.24, 2.45) is 0 Å². The van der Waals surface area contributed by atoms with Gasteiger partial charge >= 0.3 is 5.97 Å². The molecule has 0 aromatic carbocycles. The highest BCUT2D eigenvalue weighted by atomic mass is 32.2. The highest BCUT2D eigenvalue weighted by Crippen LogP contribution is 2.13. The first-order chi connectivity index (χ1) is 7.84. The molecule has 6 nitrogen and oxygen atoms in total. The van der Waals surface area contributed by atoms with Crippen molar-refractivity contribution in [2.75, 3.05) is 17.6 Å². The van der Waals surface area contributed by atoms with Crippen LogP contribution in [0.1, 0.15) is 0 Å². The van der Waals surface area contributed by atoms with Crippen LogP contribution in [0.4, 0.5) is 14.5 Å². The molecule has 94 valence electrons. The summed E-state index contributed by atoms with van der Waals surface area (Å²) >= 11 is 0. The van der Waals surface area contributed by atoms with E-state index >= 15 is 0 Å². The maximum absolute atomic E-state index is 13.0. The molecular weight excluding hydrogens is 258 g/mol. The summed E-state index contributed by atoms with van der Waals surface area (Å²) in [5.41, 5.74) is -0.546. The number of rotatable bonds is 4. The third kappa shape index (κ3) is 3.94. The van der Waals surface area contributed by atoms with Gasteiger partial charge in [-0.15, -0.1) is 0 Å². The maximum Gasteiger partial charge on any atom is 0.322 e. The minimum absolute atomic E-state index is 0.546. The second-order valence-corrected chi connectivity index (χ2v) is 4.63. The minimum Gasteiger partial charge on any atom is -0.468 e. The highest BCUT2D eigenvalue weighted by Gasteiger charge is 2.19. The predicted octanol–water partition coefficient (Wildman–Crippen LogP) is 0.274. The fraction of sp³-hybridized carbons (Fsp3) is 0.250. The van der Waals surface area contributed by atoms with Crippen LogP contribution in [0.2, 0.25) is 0 Å². The van der Waals surface area contributed by atoms with Crippen molar-refractivity contribution >= 4 is 21.7 Å². The van der Waals surface area contributed by atoms with Crippen LogP contribution in [0.3, 0.4) is 0 Å². The van der Waals surface area contributed by atoms with E-state index in [1.54, 1.807) is 4.72 Å². The number of hydrogen-bond acceptors (Lipinski definition) is 5. The first kappa shape index (κ1) is 13.3. The van der Waals surface area contributed by atoms with Gasteiger partial charge in [-0.1, -0.05) is 0 Å². The maximum atomic E-state index is 13.0. The van der Waals surface area contributed by atoms with E-state index in [0.29, 0.717) is 0 Å². The van der Waals surface area contributed by atoms with Gasteiger partial charge in [-0.25, -0.2) is 8.42 Å². The Hall–Kier alpha value is -1.77. The van der Waals surface area contributed by atoms with Crippen LogP contribution >= 0.6 is 0 Å². The van der Waals surface area contributed by atoms with Crippen LogP contribution < -0.4 is 4.72 Å². The molecule has 0 spiro atoms. The molecule has 0 atom stereocenters. The number of hydrogen-bond donors (Lipinski definition) is 1. The molecule has 1 N–H and O–H groups in total. The van der Waals surface area contributed by atoms with Crippen molar-refractivity contribution in [3.63, 3.8) is 0 Å². The lowest BCUT2D eigenvalue weighted by atomic mass is 10.4.